The van der Waals surface area contributed by atoms with Crippen LogP contribution in [0.5, 0.6) is 11.5 Å². The van der Waals surface area contributed by atoms with Crippen LogP contribution in [-0.4, -0.2) is 37.6 Å². The molecule has 0 aliphatic carbocycles. The van der Waals surface area contributed by atoms with Crippen LogP contribution in [0.2, 0.25) is 5.02 Å². The highest BCUT2D eigenvalue weighted by Crippen LogP contribution is 2.36. The lowest BCUT2D eigenvalue weighted by atomic mass is 10.2. The number of halogens is 1. The molecule has 0 saturated heterocycles. The Morgan fingerprint density at radius 2 is 1.95 bits per heavy atom. The molecule has 0 aromatic heterocycles. The van der Waals surface area contributed by atoms with Gasteiger partial charge in [0.1, 0.15) is 0 Å². The summed E-state index contributed by atoms with van der Waals surface area (Å²) >= 11 is 6.19. The average Bonchev–Trinajstić information content (AvgIpc) is 2.48. The number of methoxy groups -OCH3 is 1. The molecule has 0 aliphatic rings. The van der Waals surface area contributed by atoms with Gasteiger partial charge in [-0.2, -0.15) is 0 Å². The standard InChI is InChI=1S/C16H22ClNO3/c1-5-18(6-2)15(19)9-8-12-10-13(17)16(21-7-3)14(11-12)20-4/h8-11H,5-7H2,1-4H3/b9-8+. The zero-order chi connectivity index (χ0) is 15.8. The number of ether oxygens (including phenoxy) is 2. The number of hydrogen-bond acceptors (Lipinski definition) is 3. The molecule has 1 rings (SSSR count). The lowest BCUT2D eigenvalue weighted by Crippen LogP contribution is -2.28. The van der Waals surface area contributed by atoms with E-state index in [1.807, 2.05) is 20.8 Å². The van der Waals surface area contributed by atoms with Crippen molar-refractivity contribution < 1.29 is 14.3 Å². The van der Waals surface area contributed by atoms with E-state index in [0.29, 0.717) is 36.2 Å². The van der Waals surface area contributed by atoms with Crippen molar-refractivity contribution in [2.75, 3.05) is 26.8 Å². The Balaban J connectivity index is 2.99. The van der Waals surface area contributed by atoms with E-state index in [1.165, 1.54) is 0 Å². The van der Waals surface area contributed by atoms with Gasteiger partial charge in [-0.15, -0.1) is 0 Å². The van der Waals surface area contributed by atoms with Gasteiger partial charge in [0, 0.05) is 19.2 Å². The maximum absolute atomic E-state index is 11.9. The van der Waals surface area contributed by atoms with Crippen LogP contribution in [0.25, 0.3) is 6.08 Å². The van der Waals surface area contributed by atoms with Crippen LogP contribution in [0.3, 0.4) is 0 Å². The summed E-state index contributed by atoms with van der Waals surface area (Å²) < 4.78 is 10.7. The molecule has 0 unspecified atom stereocenters. The first-order valence-electron chi connectivity index (χ1n) is 7.04. The Morgan fingerprint density at radius 1 is 1.29 bits per heavy atom. The fourth-order valence-corrected chi connectivity index (χ4v) is 2.20. The predicted octanol–water partition coefficient (Wildman–Crippen LogP) is 3.63. The Bertz CT molecular complexity index is 510. The van der Waals surface area contributed by atoms with E-state index in [9.17, 15) is 4.79 Å². The second kappa shape index (κ2) is 8.57. The summed E-state index contributed by atoms with van der Waals surface area (Å²) in [6.45, 7) is 7.66. The van der Waals surface area contributed by atoms with Crippen molar-refractivity contribution in [2.45, 2.75) is 20.8 Å². The molecule has 0 heterocycles. The number of carbonyl (C=O) groups excluding carboxylic acids is 1. The lowest BCUT2D eigenvalue weighted by molar-refractivity contribution is -0.125. The molecule has 0 aliphatic heterocycles. The first-order chi connectivity index (χ1) is 10.1. The zero-order valence-corrected chi connectivity index (χ0v) is 13.7. The number of hydrogen-bond donors (Lipinski definition) is 0. The van der Waals surface area contributed by atoms with Crippen molar-refractivity contribution in [2.24, 2.45) is 0 Å². The molecule has 0 spiro atoms. The Morgan fingerprint density at radius 3 is 2.48 bits per heavy atom. The highest BCUT2D eigenvalue weighted by atomic mass is 35.5. The number of nitrogens with zero attached hydrogens (tertiary/aromatic N) is 1. The van der Waals surface area contributed by atoms with E-state index in [4.69, 9.17) is 21.1 Å². The van der Waals surface area contributed by atoms with E-state index in [1.54, 1.807) is 36.3 Å². The minimum atomic E-state index is -0.0241. The third-order valence-corrected chi connectivity index (χ3v) is 3.31. The first kappa shape index (κ1) is 17.4. The third kappa shape index (κ3) is 4.67. The number of amides is 1. The Hall–Kier alpha value is -1.68. The van der Waals surface area contributed by atoms with Gasteiger partial charge in [-0.1, -0.05) is 11.6 Å². The summed E-state index contributed by atoms with van der Waals surface area (Å²) in [7, 11) is 1.56. The fourth-order valence-electron chi connectivity index (χ4n) is 1.93. The number of carbonyl (C=O) groups is 1. The largest absolute Gasteiger partial charge is 0.493 e. The van der Waals surface area contributed by atoms with Crippen LogP contribution >= 0.6 is 11.6 Å². The van der Waals surface area contributed by atoms with Crippen LogP contribution in [0, 0.1) is 0 Å². The molecular weight excluding hydrogens is 290 g/mol. The number of rotatable bonds is 7. The van der Waals surface area contributed by atoms with Crippen LogP contribution in [-0.2, 0) is 4.79 Å². The molecule has 1 aromatic carbocycles. The molecule has 0 atom stereocenters. The molecule has 21 heavy (non-hydrogen) atoms. The molecule has 5 heteroatoms. The van der Waals surface area contributed by atoms with E-state index in [0.717, 1.165) is 5.56 Å². The third-order valence-electron chi connectivity index (χ3n) is 3.03. The maximum Gasteiger partial charge on any atom is 0.246 e. The van der Waals surface area contributed by atoms with E-state index in [2.05, 4.69) is 0 Å². The average molecular weight is 312 g/mol. The van der Waals surface area contributed by atoms with E-state index >= 15 is 0 Å². The minimum absolute atomic E-state index is 0.0241. The summed E-state index contributed by atoms with van der Waals surface area (Å²) in [6, 6.07) is 3.55. The van der Waals surface area contributed by atoms with Crippen LogP contribution in [0.15, 0.2) is 18.2 Å². The van der Waals surface area contributed by atoms with E-state index < -0.39 is 0 Å². The van der Waals surface area contributed by atoms with Gasteiger partial charge in [0.25, 0.3) is 0 Å². The van der Waals surface area contributed by atoms with Gasteiger partial charge >= 0.3 is 0 Å². The molecule has 4 nitrogen and oxygen atoms in total. The van der Waals surface area contributed by atoms with Crippen LogP contribution in [0.1, 0.15) is 26.3 Å². The SMILES string of the molecule is CCOc1c(Cl)cc(/C=C/C(=O)N(CC)CC)cc1OC. The van der Waals surface area contributed by atoms with Gasteiger partial charge in [0.2, 0.25) is 5.91 Å². The number of likely N-dealkylation sites (N-methyl/N-ethyl adjacent to an activating group) is 1. The van der Waals surface area contributed by atoms with Gasteiger partial charge in [-0.05, 0) is 44.5 Å². The summed E-state index contributed by atoms with van der Waals surface area (Å²) in [5.41, 5.74) is 0.792. The normalized spacial score (nSPS) is 10.7. The van der Waals surface area contributed by atoms with Crippen LogP contribution < -0.4 is 9.47 Å². The second-order valence-corrected chi connectivity index (χ2v) is 4.72. The van der Waals surface area contributed by atoms with Gasteiger partial charge in [-0.25, -0.2) is 0 Å². The first-order valence-corrected chi connectivity index (χ1v) is 7.42. The molecule has 1 aromatic rings. The summed E-state index contributed by atoms with van der Waals surface area (Å²) in [4.78, 5) is 13.7. The predicted molar refractivity (Wildman–Crippen MR) is 86.1 cm³/mol. The van der Waals surface area contributed by atoms with Crippen molar-refractivity contribution >= 4 is 23.6 Å². The highest BCUT2D eigenvalue weighted by molar-refractivity contribution is 6.32. The van der Waals surface area contributed by atoms with Crippen molar-refractivity contribution in [1.82, 2.24) is 4.90 Å². The van der Waals surface area contributed by atoms with Gasteiger partial charge in [-0.3, -0.25) is 4.79 Å². The molecule has 0 saturated carbocycles. The maximum atomic E-state index is 11.9. The lowest BCUT2D eigenvalue weighted by Gasteiger charge is -2.16. The topological polar surface area (TPSA) is 38.8 Å². The molecule has 0 bridgehead atoms. The van der Waals surface area contributed by atoms with Gasteiger partial charge in [0.15, 0.2) is 11.5 Å². The summed E-state index contributed by atoms with van der Waals surface area (Å²) in [5.74, 6) is 1.05. The molecule has 0 radical (unpaired) electrons. The van der Waals surface area contributed by atoms with Crippen molar-refractivity contribution in [1.29, 1.82) is 0 Å². The zero-order valence-electron chi connectivity index (χ0n) is 13.0. The smallest absolute Gasteiger partial charge is 0.246 e. The van der Waals surface area contributed by atoms with E-state index in [-0.39, 0.29) is 5.91 Å². The molecule has 0 fully saturated rings. The van der Waals surface area contributed by atoms with Gasteiger partial charge < -0.3 is 14.4 Å². The second-order valence-electron chi connectivity index (χ2n) is 4.31. The summed E-state index contributed by atoms with van der Waals surface area (Å²) in [6.07, 6.45) is 3.27. The molecule has 116 valence electrons. The van der Waals surface area contributed by atoms with Crippen molar-refractivity contribution in [3.63, 3.8) is 0 Å². The quantitative estimate of drug-likeness (QED) is 0.722. The number of benzene rings is 1. The van der Waals surface area contributed by atoms with Crippen molar-refractivity contribution in [3.8, 4) is 11.5 Å². The minimum Gasteiger partial charge on any atom is -0.493 e. The Labute approximate surface area is 131 Å². The Kier molecular flexibility index (Phi) is 7.09. The van der Waals surface area contributed by atoms with Crippen molar-refractivity contribution in [3.05, 3.63) is 28.8 Å². The monoisotopic (exact) mass is 311 g/mol. The fraction of sp³-hybridized carbons (Fsp3) is 0.438. The molecule has 0 N–H and O–H groups in total. The molecule has 1 amide bonds. The summed E-state index contributed by atoms with van der Waals surface area (Å²) in [5, 5.41) is 0.464. The van der Waals surface area contributed by atoms with Crippen LogP contribution in [0.4, 0.5) is 0 Å². The molecular formula is C16H22ClNO3. The van der Waals surface area contributed by atoms with Gasteiger partial charge in [0.05, 0.1) is 18.7 Å². The highest BCUT2D eigenvalue weighted by Gasteiger charge is 2.11.